The molecule has 1 aromatic rings. The Morgan fingerprint density at radius 2 is 2.00 bits per heavy atom. The Morgan fingerprint density at radius 3 is 2.58 bits per heavy atom. The highest BCUT2D eigenvalue weighted by molar-refractivity contribution is 5.94. The van der Waals surface area contributed by atoms with Crippen molar-refractivity contribution >= 4 is 17.6 Å². The molecule has 1 aromatic carbocycles. The number of anilines is 1. The van der Waals surface area contributed by atoms with Crippen LogP contribution in [-0.4, -0.2) is 30.7 Å². The molecule has 0 atom stereocenters. The molecule has 5 nitrogen and oxygen atoms in total. The van der Waals surface area contributed by atoms with E-state index in [9.17, 15) is 18.4 Å². The van der Waals surface area contributed by atoms with E-state index < -0.39 is 29.1 Å². The van der Waals surface area contributed by atoms with Crippen molar-refractivity contribution in [3.63, 3.8) is 0 Å². The summed E-state index contributed by atoms with van der Waals surface area (Å²) >= 11 is 0. The molecule has 0 aliphatic carbocycles. The molecule has 0 saturated heterocycles. The lowest BCUT2D eigenvalue weighted by molar-refractivity contribution is -0.116. The molecule has 0 saturated carbocycles. The minimum absolute atomic E-state index is 0.0903. The molecule has 1 rings (SSSR count). The van der Waals surface area contributed by atoms with Crippen LogP contribution in [0.1, 0.15) is 23.2 Å². The Kier molecular flexibility index (Phi) is 5.37. The number of halogens is 2. The summed E-state index contributed by atoms with van der Waals surface area (Å²) in [4.78, 5) is 22.1. The fraction of sp³-hybridized carbons (Fsp3) is 0.333. The van der Waals surface area contributed by atoms with Crippen molar-refractivity contribution in [2.75, 3.05) is 19.0 Å². The van der Waals surface area contributed by atoms with E-state index in [1.165, 1.54) is 7.11 Å². The third-order valence-corrected chi connectivity index (χ3v) is 2.31. The Morgan fingerprint density at radius 1 is 1.32 bits per heavy atom. The highest BCUT2D eigenvalue weighted by Gasteiger charge is 2.16. The molecule has 7 heteroatoms. The first-order chi connectivity index (χ1) is 8.95. The summed E-state index contributed by atoms with van der Waals surface area (Å²) in [6.45, 7) is 0.375. The van der Waals surface area contributed by atoms with Gasteiger partial charge in [-0.25, -0.2) is 13.6 Å². The highest BCUT2D eigenvalue weighted by Crippen LogP contribution is 2.20. The van der Waals surface area contributed by atoms with Gasteiger partial charge in [-0.2, -0.15) is 0 Å². The maximum Gasteiger partial charge on any atom is 0.338 e. The van der Waals surface area contributed by atoms with Crippen LogP contribution in [0.3, 0.4) is 0 Å². The number of benzene rings is 1. The van der Waals surface area contributed by atoms with Crippen LogP contribution in [0.4, 0.5) is 14.5 Å². The average Bonchev–Trinajstić information content (AvgIpc) is 2.32. The number of nitrogens with one attached hydrogen (secondary N) is 1. The minimum Gasteiger partial charge on any atom is -0.478 e. The summed E-state index contributed by atoms with van der Waals surface area (Å²) in [5, 5.41) is 10.9. The van der Waals surface area contributed by atoms with E-state index in [2.05, 4.69) is 5.32 Å². The molecule has 0 aromatic heterocycles. The number of ether oxygens (including phenoxy) is 1. The summed E-state index contributed by atoms with van der Waals surface area (Å²) in [5.74, 6) is -4.25. The topological polar surface area (TPSA) is 75.6 Å². The zero-order valence-electron chi connectivity index (χ0n) is 10.2. The average molecular weight is 273 g/mol. The molecule has 2 N–H and O–H groups in total. The van der Waals surface area contributed by atoms with Crippen LogP contribution in [0.2, 0.25) is 0 Å². The SMILES string of the molecule is COCCCC(=O)Nc1cc(C(=O)O)c(F)cc1F. The van der Waals surface area contributed by atoms with Crippen molar-refractivity contribution in [1.82, 2.24) is 0 Å². The fourth-order valence-electron chi connectivity index (χ4n) is 1.40. The Labute approximate surface area is 108 Å². The van der Waals surface area contributed by atoms with E-state index in [1.807, 2.05) is 0 Å². The molecule has 104 valence electrons. The maximum atomic E-state index is 13.4. The molecule has 0 radical (unpaired) electrons. The van der Waals surface area contributed by atoms with E-state index >= 15 is 0 Å². The third kappa shape index (κ3) is 4.29. The zero-order chi connectivity index (χ0) is 14.4. The lowest BCUT2D eigenvalue weighted by Crippen LogP contribution is -2.14. The van der Waals surface area contributed by atoms with Crippen molar-refractivity contribution in [2.24, 2.45) is 0 Å². The lowest BCUT2D eigenvalue weighted by Gasteiger charge is -2.08. The highest BCUT2D eigenvalue weighted by atomic mass is 19.1. The van der Waals surface area contributed by atoms with Gasteiger partial charge in [0.15, 0.2) is 0 Å². The standard InChI is InChI=1S/C12H13F2NO4/c1-19-4-2-3-11(16)15-10-5-7(12(17)18)8(13)6-9(10)14/h5-6H,2-4H2,1H3,(H,15,16)(H,17,18). The first kappa shape index (κ1) is 15.0. The second kappa shape index (κ2) is 6.79. The summed E-state index contributed by atoms with van der Waals surface area (Å²) in [6, 6.07) is 1.18. The summed E-state index contributed by atoms with van der Waals surface area (Å²) in [7, 11) is 1.48. The van der Waals surface area contributed by atoms with Gasteiger partial charge >= 0.3 is 5.97 Å². The van der Waals surface area contributed by atoms with Gasteiger partial charge in [0, 0.05) is 26.2 Å². The van der Waals surface area contributed by atoms with Gasteiger partial charge in [-0.3, -0.25) is 4.79 Å². The van der Waals surface area contributed by atoms with Gasteiger partial charge in [-0.1, -0.05) is 0 Å². The Balaban J connectivity index is 2.80. The van der Waals surface area contributed by atoms with Crippen LogP contribution in [0, 0.1) is 11.6 Å². The van der Waals surface area contributed by atoms with Gasteiger partial charge in [0.1, 0.15) is 11.6 Å². The molecule has 0 heterocycles. The van der Waals surface area contributed by atoms with E-state index in [0.717, 1.165) is 6.07 Å². The van der Waals surface area contributed by atoms with E-state index in [-0.39, 0.29) is 12.1 Å². The van der Waals surface area contributed by atoms with Crippen molar-refractivity contribution in [3.05, 3.63) is 29.3 Å². The second-order valence-corrected chi connectivity index (χ2v) is 3.76. The molecule has 1 amide bonds. The normalized spacial score (nSPS) is 10.3. The Bertz CT molecular complexity index is 491. The Hall–Kier alpha value is -2.02. The van der Waals surface area contributed by atoms with E-state index in [1.54, 1.807) is 0 Å². The molecule has 0 aliphatic heterocycles. The lowest BCUT2D eigenvalue weighted by atomic mass is 10.1. The molecule has 0 fully saturated rings. The van der Waals surface area contributed by atoms with Crippen LogP contribution < -0.4 is 5.32 Å². The number of carboxylic acid groups (broad SMARTS) is 1. The van der Waals surface area contributed by atoms with Crippen LogP contribution in [0.15, 0.2) is 12.1 Å². The predicted molar refractivity (Wildman–Crippen MR) is 63.1 cm³/mol. The fourth-order valence-corrected chi connectivity index (χ4v) is 1.40. The van der Waals surface area contributed by atoms with Crippen molar-refractivity contribution in [3.8, 4) is 0 Å². The van der Waals surface area contributed by atoms with Crippen LogP contribution in [0.5, 0.6) is 0 Å². The number of methoxy groups -OCH3 is 1. The number of carbonyl (C=O) groups is 2. The smallest absolute Gasteiger partial charge is 0.338 e. The van der Waals surface area contributed by atoms with E-state index in [4.69, 9.17) is 9.84 Å². The number of rotatable bonds is 6. The van der Waals surface area contributed by atoms with Crippen molar-refractivity contribution < 1.29 is 28.2 Å². The second-order valence-electron chi connectivity index (χ2n) is 3.76. The number of amides is 1. The summed E-state index contributed by atoms with van der Waals surface area (Å²) in [6.07, 6.45) is 0.532. The maximum absolute atomic E-state index is 13.4. The third-order valence-electron chi connectivity index (χ3n) is 2.31. The van der Waals surface area contributed by atoms with E-state index in [0.29, 0.717) is 19.1 Å². The van der Waals surface area contributed by atoms with Crippen LogP contribution in [0.25, 0.3) is 0 Å². The van der Waals surface area contributed by atoms with Gasteiger partial charge in [0.25, 0.3) is 0 Å². The van der Waals surface area contributed by atoms with Gasteiger partial charge in [0.2, 0.25) is 5.91 Å². The van der Waals surface area contributed by atoms with Crippen LogP contribution in [-0.2, 0) is 9.53 Å². The minimum atomic E-state index is -1.53. The van der Waals surface area contributed by atoms with Gasteiger partial charge in [-0.05, 0) is 12.5 Å². The van der Waals surface area contributed by atoms with Gasteiger partial charge in [0.05, 0.1) is 11.3 Å². The summed E-state index contributed by atoms with van der Waals surface area (Å²) in [5.41, 5.74) is -1.06. The van der Waals surface area contributed by atoms with Crippen molar-refractivity contribution in [1.29, 1.82) is 0 Å². The number of carboxylic acids is 1. The summed E-state index contributed by atoms with van der Waals surface area (Å²) < 4.78 is 31.2. The van der Waals surface area contributed by atoms with Gasteiger partial charge < -0.3 is 15.2 Å². The largest absolute Gasteiger partial charge is 0.478 e. The molecular weight excluding hydrogens is 260 g/mol. The monoisotopic (exact) mass is 273 g/mol. The number of aromatic carboxylic acids is 1. The van der Waals surface area contributed by atoms with Crippen LogP contribution >= 0.6 is 0 Å². The predicted octanol–water partition coefficient (Wildman–Crippen LogP) is 2.03. The zero-order valence-corrected chi connectivity index (χ0v) is 10.2. The number of hydrogen-bond acceptors (Lipinski definition) is 3. The molecule has 0 bridgehead atoms. The molecule has 19 heavy (non-hydrogen) atoms. The number of hydrogen-bond donors (Lipinski definition) is 2. The first-order valence-corrected chi connectivity index (χ1v) is 5.46. The quantitative estimate of drug-likeness (QED) is 0.777. The molecular formula is C12H13F2NO4. The molecule has 0 unspecified atom stereocenters. The number of carbonyl (C=O) groups excluding carboxylic acids is 1. The van der Waals surface area contributed by atoms with Crippen molar-refractivity contribution in [2.45, 2.75) is 12.8 Å². The molecule has 0 spiro atoms. The van der Waals surface area contributed by atoms with Gasteiger partial charge in [-0.15, -0.1) is 0 Å². The molecule has 0 aliphatic rings. The first-order valence-electron chi connectivity index (χ1n) is 5.46.